The minimum atomic E-state index is 0.279. The molecule has 3 rings (SSSR count). The number of benzene rings is 1. The van der Waals surface area contributed by atoms with Crippen LogP contribution in [0.2, 0.25) is 0 Å². The van der Waals surface area contributed by atoms with Gasteiger partial charge in [-0.1, -0.05) is 52.8 Å². The van der Waals surface area contributed by atoms with E-state index < -0.39 is 0 Å². The molecule has 104 valence electrons. The topological polar surface area (TPSA) is 12.0 Å². The van der Waals surface area contributed by atoms with Gasteiger partial charge in [0.2, 0.25) is 0 Å². The van der Waals surface area contributed by atoms with Gasteiger partial charge in [-0.2, -0.15) is 0 Å². The molecule has 1 aromatic rings. The molecule has 0 spiro atoms. The summed E-state index contributed by atoms with van der Waals surface area (Å²) in [6, 6.07) is 7.49. The summed E-state index contributed by atoms with van der Waals surface area (Å²) in [4.78, 5) is 0. The molecule has 0 amide bonds. The quantitative estimate of drug-likeness (QED) is 0.720. The van der Waals surface area contributed by atoms with E-state index in [1.54, 1.807) is 16.7 Å². The lowest BCUT2D eigenvalue weighted by molar-refractivity contribution is 0.240. The van der Waals surface area contributed by atoms with Crippen LogP contribution < -0.4 is 5.32 Å². The first-order valence-corrected chi connectivity index (χ1v) is 7.67. The van der Waals surface area contributed by atoms with Crippen molar-refractivity contribution in [2.45, 2.75) is 64.8 Å². The number of nitrogens with one attached hydrogen (secondary N) is 1. The van der Waals surface area contributed by atoms with Crippen LogP contribution in [0.5, 0.6) is 0 Å². The van der Waals surface area contributed by atoms with Crippen LogP contribution in [0, 0.1) is 5.41 Å². The molecule has 1 aromatic carbocycles. The summed E-state index contributed by atoms with van der Waals surface area (Å²) in [7, 11) is 0. The molecule has 0 radical (unpaired) electrons. The fourth-order valence-electron chi connectivity index (χ4n) is 4.04. The molecule has 2 aliphatic rings. The molecule has 0 fully saturated rings. The molecule has 0 aromatic heterocycles. The Labute approximate surface area is 117 Å². The van der Waals surface area contributed by atoms with Crippen LogP contribution in [-0.4, -0.2) is 6.54 Å². The number of hydrogen-bond donors (Lipinski definition) is 1. The van der Waals surface area contributed by atoms with Crippen LogP contribution in [0.15, 0.2) is 18.2 Å². The monoisotopic (exact) mass is 257 g/mol. The van der Waals surface area contributed by atoms with Crippen molar-refractivity contribution < 1.29 is 0 Å². The second kappa shape index (κ2) is 4.09. The maximum Gasteiger partial charge on any atom is 0.0372 e. The largest absolute Gasteiger partial charge is 0.309 e. The van der Waals surface area contributed by atoms with E-state index in [4.69, 9.17) is 0 Å². The highest BCUT2D eigenvalue weighted by atomic mass is 14.9. The van der Waals surface area contributed by atoms with Crippen molar-refractivity contribution in [2.24, 2.45) is 5.41 Å². The summed E-state index contributed by atoms with van der Waals surface area (Å²) in [6.45, 7) is 13.0. The Morgan fingerprint density at radius 1 is 1.21 bits per heavy atom. The molecule has 1 nitrogen and oxygen atoms in total. The van der Waals surface area contributed by atoms with E-state index in [1.165, 1.54) is 12.8 Å². The van der Waals surface area contributed by atoms with Gasteiger partial charge in [0.05, 0.1) is 0 Å². The van der Waals surface area contributed by atoms with Crippen molar-refractivity contribution in [3.63, 3.8) is 0 Å². The van der Waals surface area contributed by atoms with E-state index in [0.29, 0.717) is 11.5 Å². The maximum atomic E-state index is 3.80. The summed E-state index contributed by atoms with van der Waals surface area (Å²) in [5.74, 6) is 0.734. The Hall–Kier alpha value is -0.820. The minimum Gasteiger partial charge on any atom is -0.309 e. The van der Waals surface area contributed by atoms with Crippen molar-refractivity contribution >= 4 is 0 Å². The summed E-state index contributed by atoms with van der Waals surface area (Å²) in [5, 5.41) is 3.80. The zero-order valence-corrected chi connectivity index (χ0v) is 13.0. The Bertz CT molecular complexity index is 493. The van der Waals surface area contributed by atoms with Gasteiger partial charge in [0.25, 0.3) is 0 Å². The van der Waals surface area contributed by atoms with Crippen molar-refractivity contribution in [2.75, 3.05) is 6.54 Å². The van der Waals surface area contributed by atoms with E-state index in [9.17, 15) is 0 Å². The zero-order chi connectivity index (χ0) is 13.8. The Balaban J connectivity index is 2.18. The molecule has 1 heterocycles. The van der Waals surface area contributed by atoms with Crippen molar-refractivity contribution in [1.29, 1.82) is 0 Å². The molecule has 0 saturated carbocycles. The van der Waals surface area contributed by atoms with Crippen LogP contribution in [0.1, 0.15) is 76.1 Å². The summed E-state index contributed by atoms with van der Waals surface area (Å²) >= 11 is 0. The van der Waals surface area contributed by atoms with Gasteiger partial charge in [-0.3, -0.25) is 0 Å². The van der Waals surface area contributed by atoms with Gasteiger partial charge in [0, 0.05) is 12.6 Å². The van der Waals surface area contributed by atoms with Gasteiger partial charge in [-0.05, 0) is 46.3 Å². The molecular formula is C18H27N. The van der Waals surface area contributed by atoms with Crippen molar-refractivity contribution in [3.05, 3.63) is 34.9 Å². The van der Waals surface area contributed by atoms with Gasteiger partial charge in [0.15, 0.2) is 0 Å². The summed E-state index contributed by atoms with van der Waals surface area (Å²) in [6.07, 6.45) is 2.65. The minimum absolute atomic E-state index is 0.279. The molecule has 1 aliphatic carbocycles. The van der Waals surface area contributed by atoms with Crippen LogP contribution in [0.3, 0.4) is 0 Å². The normalized spacial score (nSPS) is 28.9. The molecule has 2 atom stereocenters. The van der Waals surface area contributed by atoms with Gasteiger partial charge < -0.3 is 5.32 Å². The van der Waals surface area contributed by atoms with Crippen LogP contribution >= 0.6 is 0 Å². The zero-order valence-electron chi connectivity index (χ0n) is 13.0. The fraction of sp³-hybridized carbons (Fsp3) is 0.667. The molecule has 0 bridgehead atoms. The first-order valence-electron chi connectivity index (χ1n) is 7.67. The molecule has 2 unspecified atom stereocenters. The van der Waals surface area contributed by atoms with Crippen molar-refractivity contribution in [1.82, 2.24) is 5.32 Å². The first kappa shape index (κ1) is 13.2. The lowest BCUT2D eigenvalue weighted by Crippen LogP contribution is -2.43. The third-order valence-electron chi connectivity index (χ3n) is 5.14. The lowest BCUT2D eigenvalue weighted by atomic mass is 9.64. The Morgan fingerprint density at radius 2 is 1.95 bits per heavy atom. The van der Waals surface area contributed by atoms with E-state index in [0.717, 1.165) is 12.5 Å². The third-order valence-corrected chi connectivity index (χ3v) is 5.14. The summed E-state index contributed by atoms with van der Waals surface area (Å²) in [5.41, 5.74) is 5.48. The highest BCUT2D eigenvalue weighted by Gasteiger charge is 2.40. The lowest BCUT2D eigenvalue weighted by Gasteiger charge is -2.46. The molecule has 19 heavy (non-hydrogen) atoms. The maximum absolute atomic E-state index is 3.80. The van der Waals surface area contributed by atoms with E-state index in [-0.39, 0.29) is 5.41 Å². The predicted octanol–water partition coefficient (Wildman–Crippen LogP) is 4.53. The first-order chi connectivity index (χ1) is 8.81. The van der Waals surface area contributed by atoms with Crippen LogP contribution in [0.4, 0.5) is 0 Å². The van der Waals surface area contributed by atoms with Crippen LogP contribution in [-0.2, 0) is 5.41 Å². The number of rotatable bonds is 0. The van der Waals surface area contributed by atoms with Gasteiger partial charge >= 0.3 is 0 Å². The van der Waals surface area contributed by atoms with E-state index in [2.05, 4.69) is 58.1 Å². The third kappa shape index (κ3) is 2.03. The average molecular weight is 257 g/mol. The molecule has 1 aliphatic heterocycles. The van der Waals surface area contributed by atoms with E-state index >= 15 is 0 Å². The van der Waals surface area contributed by atoms with Crippen molar-refractivity contribution in [3.8, 4) is 0 Å². The predicted molar refractivity (Wildman–Crippen MR) is 81.6 cm³/mol. The second-order valence-corrected chi connectivity index (χ2v) is 8.14. The van der Waals surface area contributed by atoms with Crippen LogP contribution in [0.25, 0.3) is 0 Å². The fourth-order valence-corrected chi connectivity index (χ4v) is 4.04. The highest BCUT2D eigenvalue weighted by Crippen LogP contribution is 2.49. The highest BCUT2D eigenvalue weighted by molar-refractivity contribution is 5.47. The standard InChI is InChI=1S/C18H27N/c1-17(2,3)16-13-7-6-8-14-15(13)12(11-19-16)9-10-18(14,4)5/h6-8,12,16,19H,9-11H2,1-5H3. The summed E-state index contributed by atoms with van der Waals surface area (Å²) < 4.78 is 0. The number of hydrogen-bond acceptors (Lipinski definition) is 1. The molecule has 1 N–H and O–H groups in total. The van der Waals surface area contributed by atoms with Gasteiger partial charge in [0.1, 0.15) is 0 Å². The Kier molecular flexibility index (Phi) is 2.83. The molecule has 0 saturated heterocycles. The van der Waals surface area contributed by atoms with Gasteiger partial charge in [-0.25, -0.2) is 0 Å². The average Bonchev–Trinajstić information content (AvgIpc) is 2.32. The Morgan fingerprint density at radius 3 is 2.63 bits per heavy atom. The SMILES string of the molecule is CC1(C)CCC2CNC(C(C)(C)C)c3cccc1c32. The smallest absolute Gasteiger partial charge is 0.0372 e. The molecule has 1 heteroatoms. The molecular weight excluding hydrogens is 230 g/mol. The van der Waals surface area contributed by atoms with Gasteiger partial charge in [-0.15, -0.1) is 0 Å². The van der Waals surface area contributed by atoms with E-state index in [1.807, 2.05) is 0 Å². The second-order valence-electron chi connectivity index (χ2n) is 8.14.